The summed E-state index contributed by atoms with van der Waals surface area (Å²) in [5.41, 5.74) is 3.00. The lowest BCUT2D eigenvalue weighted by atomic mass is 10.1. The van der Waals surface area contributed by atoms with Crippen LogP contribution in [0.25, 0.3) is 0 Å². The fourth-order valence-corrected chi connectivity index (χ4v) is 2.92. The SMILES string of the molecule is Cc1cccc(N2C(=O)C(Cl)=C(Nc3cccc(Cl)c3)C2=O)c1C. The van der Waals surface area contributed by atoms with Gasteiger partial charge in [-0.05, 0) is 49.2 Å². The number of benzene rings is 2. The van der Waals surface area contributed by atoms with Gasteiger partial charge in [-0.25, -0.2) is 4.90 Å². The Labute approximate surface area is 149 Å². The third-order valence-electron chi connectivity index (χ3n) is 3.94. The Hall–Kier alpha value is -2.30. The van der Waals surface area contributed by atoms with Crippen molar-refractivity contribution in [1.82, 2.24) is 0 Å². The zero-order chi connectivity index (χ0) is 17.4. The average Bonchev–Trinajstić information content (AvgIpc) is 2.74. The number of amides is 2. The maximum Gasteiger partial charge on any atom is 0.283 e. The van der Waals surface area contributed by atoms with Crippen molar-refractivity contribution in [2.24, 2.45) is 0 Å². The molecule has 122 valence electrons. The van der Waals surface area contributed by atoms with Gasteiger partial charge in [0.1, 0.15) is 10.7 Å². The fraction of sp³-hybridized carbons (Fsp3) is 0.111. The molecular formula is C18H14Cl2N2O2. The summed E-state index contributed by atoms with van der Waals surface area (Å²) in [6, 6.07) is 12.3. The first-order valence-electron chi connectivity index (χ1n) is 7.27. The van der Waals surface area contributed by atoms with Crippen molar-refractivity contribution in [3.63, 3.8) is 0 Å². The number of nitrogens with zero attached hydrogens (tertiary/aromatic N) is 1. The molecule has 0 aromatic heterocycles. The summed E-state index contributed by atoms with van der Waals surface area (Å²) in [6.45, 7) is 3.78. The molecule has 0 radical (unpaired) electrons. The first-order chi connectivity index (χ1) is 11.4. The molecule has 24 heavy (non-hydrogen) atoms. The third-order valence-corrected chi connectivity index (χ3v) is 4.52. The normalized spacial score (nSPS) is 14.6. The van der Waals surface area contributed by atoms with Gasteiger partial charge < -0.3 is 5.32 Å². The maximum atomic E-state index is 12.7. The summed E-state index contributed by atoms with van der Waals surface area (Å²) in [6.07, 6.45) is 0. The van der Waals surface area contributed by atoms with Crippen LogP contribution < -0.4 is 10.2 Å². The van der Waals surface area contributed by atoms with Gasteiger partial charge in [0.05, 0.1) is 5.69 Å². The largest absolute Gasteiger partial charge is 0.350 e. The van der Waals surface area contributed by atoms with Crippen molar-refractivity contribution >= 4 is 46.4 Å². The highest BCUT2D eigenvalue weighted by molar-refractivity contribution is 6.53. The van der Waals surface area contributed by atoms with E-state index < -0.39 is 11.8 Å². The predicted molar refractivity (Wildman–Crippen MR) is 96.4 cm³/mol. The molecule has 3 rings (SSSR count). The van der Waals surface area contributed by atoms with Crippen LogP contribution in [0.5, 0.6) is 0 Å². The van der Waals surface area contributed by atoms with Crippen LogP contribution in [0.4, 0.5) is 11.4 Å². The molecule has 2 aromatic rings. The molecule has 2 aromatic carbocycles. The van der Waals surface area contributed by atoms with E-state index in [0.29, 0.717) is 16.4 Å². The number of halogens is 2. The summed E-state index contributed by atoms with van der Waals surface area (Å²) in [7, 11) is 0. The quantitative estimate of drug-likeness (QED) is 0.825. The molecule has 0 saturated heterocycles. The Bertz CT molecular complexity index is 890. The summed E-state index contributed by atoms with van der Waals surface area (Å²) >= 11 is 12.1. The van der Waals surface area contributed by atoms with Gasteiger partial charge in [0.2, 0.25) is 0 Å². The molecule has 0 spiro atoms. The van der Waals surface area contributed by atoms with Gasteiger partial charge in [-0.15, -0.1) is 0 Å². The minimum absolute atomic E-state index is 0.0461. The van der Waals surface area contributed by atoms with Crippen LogP contribution in [0.2, 0.25) is 5.02 Å². The smallest absolute Gasteiger partial charge is 0.283 e. The molecule has 2 amide bonds. The zero-order valence-corrected chi connectivity index (χ0v) is 14.6. The molecule has 0 atom stereocenters. The van der Waals surface area contributed by atoms with E-state index in [0.717, 1.165) is 16.0 Å². The minimum Gasteiger partial charge on any atom is -0.350 e. The molecule has 1 aliphatic heterocycles. The number of hydrogen-bond acceptors (Lipinski definition) is 3. The number of carbonyl (C=O) groups excluding carboxylic acids is 2. The van der Waals surface area contributed by atoms with E-state index in [1.54, 1.807) is 36.4 Å². The van der Waals surface area contributed by atoms with Crippen molar-refractivity contribution in [2.75, 3.05) is 10.2 Å². The monoisotopic (exact) mass is 360 g/mol. The van der Waals surface area contributed by atoms with Crippen molar-refractivity contribution in [3.8, 4) is 0 Å². The molecule has 0 aliphatic carbocycles. The van der Waals surface area contributed by atoms with Crippen molar-refractivity contribution < 1.29 is 9.59 Å². The summed E-state index contributed by atoms with van der Waals surface area (Å²) < 4.78 is 0. The van der Waals surface area contributed by atoms with E-state index >= 15 is 0 Å². The van der Waals surface area contributed by atoms with Gasteiger partial charge in [-0.3, -0.25) is 9.59 Å². The van der Waals surface area contributed by atoms with E-state index in [-0.39, 0.29) is 10.7 Å². The number of aryl methyl sites for hydroxylation is 1. The van der Waals surface area contributed by atoms with Crippen molar-refractivity contribution in [2.45, 2.75) is 13.8 Å². The molecule has 1 N–H and O–H groups in total. The van der Waals surface area contributed by atoms with E-state index in [2.05, 4.69) is 5.32 Å². The standard InChI is InChI=1S/C18H14Cl2N2O2/c1-10-5-3-8-14(11(10)2)22-17(23)15(20)16(18(22)24)21-13-7-4-6-12(19)9-13/h3-9,21H,1-2H3. The molecule has 6 heteroatoms. The lowest BCUT2D eigenvalue weighted by Crippen LogP contribution is -2.33. The summed E-state index contributed by atoms with van der Waals surface area (Å²) in [4.78, 5) is 26.3. The second-order valence-corrected chi connectivity index (χ2v) is 6.30. The maximum absolute atomic E-state index is 12.7. The Morgan fingerprint density at radius 1 is 0.958 bits per heavy atom. The van der Waals surface area contributed by atoms with Gasteiger partial charge in [0, 0.05) is 10.7 Å². The second kappa shape index (κ2) is 6.30. The van der Waals surface area contributed by atoms with Crippen molar-refractivity contribution in [3.05, 3.63) is 69.3 Å². The Kier molecular flexibility index (Phi) is 4.35. The highest BCUT2D eigenvalue weighted by Crippen LogP contribution is 2.33. The van der Waals surface area contributed by atoms with Crippen LogP contribution in [0, 0.1) is 13.8 Å². The Morgan fingerprint density at radius 3 is 2.38 bits per heavy atom. The number of hydrogen-bond donors (Lipinski definition) is 1. The molecular weight excluding hydrogens is 347 g/mol. The van der Waals surface area contributed by atoms with Crippen LogP contribution >= 0.6 is 23.2 Å². The molecule has 4 nitrogen and oxygen atoms in total. The van der Waals surface area contributed by atoms with Gasteiger partial charge in [-0.1, -0.05) is 41.4 Å². The van der Waals surface area contributed by atoms with E-state index in [1.165, 1.54) is 0 Å². The van der Waals surface area contributed by atoms with Crippen LogP contribution in [0.1, 0.15) is 11.1 Å². The van der Waals surface area contributed by atoms with Gasteiger partial charge in [-0.2, -0.15) is 0 Å². The minimum atomic E-state index is -0.542. The summed E-state index contributed by atoms with van der Waals surface area (Å²) in [5, 5.41) is 3.27. The van der Waals surface area contributed by atoms with E-state index in [9.17, 15) is 9.59 Å². The molecule has 0 unspecified atom stereocenters. The van der Waals surface area contributed by atoms with E-state index in [4.69, 9.17) is 23.2 Å². The Balaban J connectivity index is 1.97. The molecule has 1 aliphatic rings. The number of nitrogens with one attached hydrogen (secondary N) is 1. The summed E-state index contributed by atoms with van der Waals surface area (Å²) in [5.74, 6) is -1.03. The van der Waals surface area contributed by atoms with Gasteiger partial charge >= 0.3 is 0 Å². The molecule has 1 heterocycles. The number of anilines is 2. The highest BCUT2D eigenvalue weighted by atomic mass is 35.5. The lowest BCUT2D eigenvalue weighted by Gasteiger charge is -2.18. The second-order valence-electron chi connectivity index (χ2n) is 5.49. The topological polar surface area (TPSA) is 49.4 Å². The van der Waals surface area contributed by atoms with Crippen LogP contribution in [-0.2, 0) is 9.59 Å². The van der Waals surface area contributed by atoms with Crippen LogP contribution in [-0.4, -0.2) is 11.8 Å². The van der Waals surface area contributed by atoms with Crippen LogP contribution in [0.3, 0.4) is 0 Å². The predicted octanol–water partition coefficient (Wildman–Crippen LogP) is 4.39. The first kappa shape index (κ1) is 16.6. The molecule has 0 bridgehead atoms. The van der Waals surface area contributed by atoms with Gasteiger partial charge in [0.15, 0.2) is 0 Å². The Morgan fingerprint density at radius 2 is 1.67 bits per heavy atom. The molecule has 0 fully saturated rings. The average molecular weight is 361 g/mol. The molecule has 0 saturated carbocycles. The number of imide groups is 1. The number of carbonyl (C=O) groups is 2. The third kappa shape index (κ3) is 2.79. The van der Waals surface area contributed by atoms with Crippen LogP contribution in [0.15, 0.2) is 53.2 Å². The lowest BCUT2D eigenvalue weighted by molar-refractivity contribution is -0.120. The number of rotatable bonds is 3. The van der Waals surface area contributed by atoms with E-state index in [1.807, 2.05) is 19.9 Å². The van der Waals surface area contributed by atoms with Crippen molar-refractivity contribution in [1.29, 1.82) is 0 Å². The first-order valence-corrected chi connectivity index (χ1v) is 8.03. The highest BCUT2D eigenvalue weighted by Gasteiger charge is 2.39. The van der Waals surface area contributed by atoms with Gasteiger partial charge in [0.25, 0.3) is 11.8 Å². The fourth-order valence-electron chi connectivity index (χ4n) is 2.52. The zero-order valence-electron chi connectivity index (χ0n) is 13.1.